The minimum atomic E-state index is 0.450. The number of nitrogens with zero attached hydrogens (tertiary/aromatic N) is 2. The summed E-state index contributed by atoms with van der Waals surface area (Å²) in [6, 6.07) is 29.8. The van der Waals surface area contributed by atoms with Crippen molar-refractivity contribution < 1.29 is 10.4 Å². The molecule has 0 unspecified atom stereocenters. The van der Waals surface area contributed by atoms with Crippen LogP contribution in [0.3, 0.4) is 0 Å². The maximum absolute atomic E-state index is 8.81. The molecule has 3 heterocycles. The van der Waals surface area contributed by atoms with E-state index >= 15 is 0 Å². The largest absolute Gasteiger partial charge is 0.449 e. The van der Waals surface area contributed by atoms with Gasteiger partial charge in [-0.1, -0.05) is 48.0 Å². The van der Waals surface area contributed by atoms with E-state index in [4.69, 9.17) is 5.79 Å². The third-order valence-corrected chi connectivity index (χ3v) is 7.57. The van der Waals surface area contributed by atoms with Gasteiger partial charge >= 0.3 is 0 Å². The Balaban J connectivity index is 1.56. The number of para-hydroxylation sites is 2. The van der Waals surface area contributed by atoms with E-state index in [9.17, 15) is 0 Å². The van der Waals surface area contributed by atoms with Gasteiger partial charge in [0, 0.05) is 33.3 Å². The zero-order chi connectivity index (χ0) is 25.4. The lowest BCUT2D eigenvalue weighted by atomic mass is 9.96. The molecule has 0 radical (unpaired) electrons. The molecule has 3 heteroatoms. The smallest absolute Gasteiger partial charge is 0.256 e. The molecule has 0 amide bonds. The first-order chi connectivity index (χ1) is 17.9. The van der Waals surface area contributed by atoms with Crippen LogP contribution < -0.4 is 4.57 Å². The van der Waals surface area contributed by atoms with E-state index in [2.05, 4.69) is 104 Å². The fraction of sp³-hybridized carbons (Fsp3) is 0.121. The second-order valence-corrected chi connectivity index (χ2v) is 9.83. The van der Waals surface area contributed by atoms with Crippen LogP contribution in [0.2, 0.25) is 0 Å². The maximum Gasteiger partial charge on any atom is 0.256 e. The second-order valence-electron chi connectivity index (χ2n) is 9.83. The van der Waals surface area contributed by atoms with Crippen molar-refractivity contribution >= 4 is 43.7 Å². The Morgan fingerprint density at radius 3 is 2.17 bits per heavy atom. The van der Waals surface area contributed by atoms with Crippen LogP contribution in [0.5, 0.6) is 0 Å². The molecule has 0 aliphatic carbocycles. The highest BCUT2D eigenvalue weighted by molar-refractivity contribution is 6.11. The number of benzene rings is 4. The number of aryl methyl sites for hydroxylation is 2. The van der Waals surface area contributed by atoms with Gasteiger partial charge in [-0.25, -0.2) is 0 Å². The van der Waals surface area contributed by atoms with Crippen molar-refractivity contribution in [2.45, 2.75) is 20.8 Å². The average molecular weight is 469 g/mol. The van der Waals surface area contributed by atoms with Gasteiger partial charge in [-0.2, -0.15) is 4.57 Å². The van der Waals surface area contributed by atoms with Gasteiger partial charge in [-0.15, -0.1) is 0 Å². The summed E-state index contributed by atoms with van der Waals surface area (Å²) in [5.41, 5.74) is 10.8. The van der Waals surface area contributed by atoms with Crippen LogP contribution in [0, 0.1) is 20.8 Å². The molecule has 7 aromatic rings. The Bertz CT molecular complexity index is 1990. The van der Waals surface area contributed by atoms with Gasteiger partial charge in [0.1, 0.15) is 14.0 Å². The van der Waals surface area contributed by atoms with Crippen molar-refractivity contribution in [3.8, 4) is 16.9 Å². The number of rotatable bonds is 2. The van der Waals surface area contributed by atoms with Gasteiger partial charge < -0.3 is 8.98 Å². The summed E-state index contributed by atoms with van der Waals surface area (Å²) in [5.74, 6) is 0. The van der Waals surface area contributed by atoms with E-state index in [1.807, 2.05) is 17.7 Å². The van der Waals surface area contributed by atoms with Crippen molar-refractivity contribution in [3.63, 3.8) is 0 Å². The summed E-state index contributed by atoms with van der Waals surface area (Å²) in [5, 5.41) is 4.47. The van der Waals surface area contributed by atoms with Crippen molar-refractivity contribution in [2.75, 3.05) is 0 Å². The molecule has 0 bridgehead atoms. The van der Waals surface area contributed by atoms with Gasteiger partial charge in [0.25, 0.3) is 5.69 Å². The van der Waals surface area contributed by atoms with Crippen LogP contribution >= 0.6 is 0 Å². The minimum absolute atomic E-state index is 0.450. The number of furan rings is 1. The molecule has 0 aliphatic heterocycles. The molecule has 36 heavy (non-hydrogen) atoms. The van der Waals surface area contributed by atoms with Crippen molar-refractivity contribution in [3.05, 3.63) is 108 Å². The number of aromatic nitrogens is 2. The summed E-state index contributed by atoms with van der Waals surface area (Å²) in [6.07, 6.45) is 0.450. The Morgan fingerprint density at radius 1 is 0.750 bits per heavy atom. The number of hydrogen-bond donors (Lipinski definition) is 0. The summed E-state index contributed by atoms with van der Waals surface area (Å²) >= 11 is 0. The van der Waals surface area contributed by atoms with E-state index in [1.165, 1.54) is 38.5 Å². The summed E-state index contributed by atoms with van der Waals surface area (Å²) < 4.78 is 19.6. The predicted molar refractivity (Wildman–Crippen MR) is 149 cm³/mol. The normalized spacial score (nSPS) is 12.3. The zero-order valence-corrected chi connectivity index (χ0v) is 20.9. The maximum atomic E-state index is 8.81. The highest BCUT2D eigenvalue weighted by atomic mass is 16.3. The molecule has 7 rings (SSSR count). The quantitative estimate of drug-likeness (QED) is 0.235. The van der Waals surface area contributed by atoms with Crippen LogP contribution in [-0.2, 0) is 7.05 Å². The Morgan fingerprint density at radius 2 is 1.44 bits per heavy atom. The Kier molecular flexibility index (Phi) is 4.18. The van der Waals surface area contributed by atoms with Crippen LogP contribution in [0.15, 0.2) is 95.5 Å². The van der Waals surface area contributed by atoms with Crippen LogP contribution in [0.1, 0.15) is 18.1 Å². The fourth-order valence-corrected chi connectivity index (χ4v) is 5.73. The lowest BCUT2D eigenvalue weighted by molar-refractivity contribution is -0.659. The van der Waals surface area contributed by atoms with Crippen molar-refractivity contribution in [1.29, 1.82) is 0 Å². The topological polar surface area (TPSA) is 21.9 Å². The van der Waals surface area contributed by atoms with Gasteiger partial charge in [0.2, 0.25) is 5.58 Å². The average Bonchev–Trinajstić information content (AvgIpc) is 3.42. The first-order valence-corrected chi connectivity index (χ1v) is 12.3. The number of pyridine rings is 1. The fourth-order valence-electron chi connectivity index (χ4n) is 5.73. The molecule has 3 aromatic heterocycles. The van der Waals surface area contributed by atoms with E-state index in [0.29, 0.717) is 6.17 Å². The minimum Gasteiger partial charge on any atom is -0.449 e. The van der Waals surface area contributed by atoms with Crippen molar-refractivity contribution in [2.24, 2.45) is 7.05 Å². The van der Waals surface area contributed by atoms with E-state index in [1.54, 1.807) is 0 Å². The zero-order valence-electron chi connectivity index (χ0n) is 21.9. The number of fused-ring (bicyclic) bond motifs is 6. The summed E-state index contributed by atoms with van der Waals surface area (Å²) in [7, 11) is 1.95. The molecule has 0 spiro atoms. The molecule has 174 valence electrons. The van der Waals surface area contributed by atoms with Crippen LogP contribution in [0.4, 0.5) is 0 Å². The lowest BCUT2D eigenvalue weighted by Gasteiger charge is -2.09. The van der Waals surface area contributed by atoms with Gasteiger partial charge in [-0.05, 0) is 68.3 Å². The second kappa shape index (κ2) is 7.56. The van der Waals surface area contributed by atoms with Crippen molar-refractivity contribution in [1.82, 2.24) is 4.57 Å². The first kappa shape index (κ1) is 19.9. The van der Waals surface area contributed by atoms with Gasteiger partial charge in [0.05, 0.1) is 16.6 Å². The molecule has 0 N–H and O–H groups in total. The molecule has 4 aromatic carbocycles. The molecular weight excluding hydrogens is 440 g/mol. The molecular formula is C33H27N2O+. The molecule has 0 saturated carbocycles. The summed E-state index contributed by atoms with van der Waals surface area (Å²) in [4.78, 5) is 0. The third-order valence-electron chi connectivity index (χ3n) is 7.57. The molecule has 0 aliphatic rings. The van der Waals surface area contributed by atoms with E-state index in [-0.39, 0.29) is 0 Å². The Labute approximate surface area is 211 Å². The van der Waals surface area contributed by atoms with E-state index in [0.717, 1.165) is 38.9 Å². The van der Waals surface area contributed by atoms with Crippen LogP contribution in [0.25, 0.3) is 60.7 Å². The summed E-state index contributed by atoms with van der Waals surface area (Å²) in [6.45, 7) is 6.41. The first-order valence-electron chi connectivity index (χ1n) is 12.8. The standard InChI is InChI=1S/C33H27N2O/c1-20-17-21(2)22(3)27(18-20)32-33-26(15-16-34(32)4)28-19-23(13-14-31(28)36-33)35-29-11-7-5-9-24(29)25-10-6-8-12-30(25)35/h5-19H,1-4H3/q+1/i16D. The monoisotopic (exact) mass is 468 g/mol. The van der Waals surface area contributed by atoms with Crippen LogP contribution in [-0.4, -0.2) is 4.57 Å². The molecule has 0 fully saturated rings. The molecule has 0 saturated heterocycles. The predicted octanol–water partition coefficient (Wildman–Crippen LogP) is 8.10. The van der Waals surface area contributed by atoms with Gasteiger partial charge in [-0.3, -0.25) is 0 Å². The van der Waals surface area contributed by atoms with E-state index < -0.39 is 0 Å². The molecule has 3 nitrogen and oxygen atoms in total. The highest BCUT2D eigenvalue weighted by Crippen LogP contribution is 2.38. The Hall–Kier alpha value is -4.37. The van der Waals surface area contributed by atoms with Gasteiger partial charge in [0.15, 0.2) is 6.17 Å². The number of hydrogen-bond acceptors (Lipinski definition) is 1. The lowest BCUT2D eigenvalue weighted by Crippen LogP contribution is -2.30. The third kappa shape index (κ3) is 2.89. The highest BCUT2D eigenvalue weighted by Gasteiger charge is 2.23. The molecule has 0 atom stereocenters. The SMILES string of the molecule is [2H]c1cc2c(oc3ccc(-n4c5ccccc5c5ccccc54)cc32)c(-c2cc(C)cc(C)c2C)[n+]1C.